The zero-order valence-corrected chi connectivity index (χ0v) is 13.3. The summed E-state index contributed by atoms with van der Waals surface area (Å²) < 4.78 is 0. The monoisotopic (exact) mass is 311 g/mol. The van der Waals surface area contributed by atoms with E-state index >= 15 is 0 Å². The summed E-state index contributed by atoms with van der Waals surface area (Å²) in [5.41, 5.74) is 1.35. The van der Waals surface area contributed by atoms with Gasteiger partial charge in [0.25, 0.3) is 5.91 Å². The van der Waals surface area contributed by atoms with Gasteiger partial charge in [-0.25, -0.2) is 4.98 Å². The van der Waals surface area contributed by atoms with Gasteiger partial charge >= 0.3 is 0 Å². The number of nitrogens with zero attached hydrogens (tertiary/aromatic N) is 3. The maximum atomic E-state index is 12.9. The lowest BCUT2D eigenvalue weighted by Crippen LogP contribution is -2.34. The van der Waals surface area contributed by atoms with E-state index in [0.29, 0.717) is 5.56 Å². The molecule has 1 amide bonds. The van der Waals surface area contributed by atoms with Gasteiger partial charge in [0.15, 0.2) is 0 Å². The van der Waals surface area contributed by atoms with Crippen molar-refractivity contribution in [2.24, 2.45) is 0 Å². The minimum Gasteiger partial charge on any atom is -0.508 e. The molecule has 1 saturated heterocycles. The molecule has 1 aliphatic heterocycles. The third kappa shape index (κ3) is 3.28. The van der Waals surface area contributed by atoms with E-state index in [9.17, 15) is 9.90 Å². The molecule has 5 nitrogen and oxygen atoms in total. The Morgan fingerprint density at radius 3 is 2.52 bits per heavy atom. The van der Waals surface area contributed by atoms with Crippen molar-refractivity contribution >= 4 is 17.4 Å². The van der Waals surface area contributed by atoms with Crippen molar-refractivity contribution in [1.29, 1.82) is 0 Å². The normalized spacial score (nSPS) is 14.6. The number of carbonyl (C=O) groups is 1. The molecule has 5 heteroatoms. The lowest BCUT2D eigenvalue weighted by molar-refractivity contribution is 0.0993. The van der Waals surface area contributed by atoms with E-state index in [1.54, 1.807) is 48.5 Å². The summed E-state index contributed by atoms with van der Waals surface area (Å²) in [5.74, 6) is 0.858. The first kappa shape index (κ1) is 15.3. The van der Waals surface area contributed by atoms with Crippen LogP contribution in [0.15, 0.2) is 42.6 Å². The molecule has 1 aliphatic rings. The average Bonchev–Trinajstić information content (AvgIpc) is 2.62. The average molecular weight is 311 g/mol. The van der Waals surface area contributed by atoms with Crippen LogP contribution >= 0.6 is 0 Å². The predicted molar refractivity (Wildman–Crippen MR) is 91.1 cm³/mol. The fourth-order valence-electron chi connectivity index (χ4n) is 2.90. The molecule has 0 unspecified atom stereocenters. The van der Waals surface area contributed by atoms with Crippen LogP contribution in [-0.2, 0) is 0 Å². The maximum absolute atomic E-state index is 12.9. The number of pyridine rings is 1. The fraction of sp³-hybridized carbons (Fsp3) is 0.333. The van der Waals surface area contributed by atoms with Gasteiger partial charge in [-0.05, 0) is 55.7 Å². The van der Waals surface area contributed by atoms with E-state index in [0.717, 1.165) is 37.4 Å². The summed E-state index contributed by atoms with van der Waals surface area (Å²) in [7, 11) is 1.74. The number of rotatable bonds is 3. The van der Waals surface area contributed by atoms with Crippen molar-refractivity contribution in [1.82, 2.24) is 4.98 Å². The van der Waals surface area contributed by atoms with Gasteiger partial charge in [0.2, 0.25) is 0 Å². The number of amides is 1. The Balaban J connectivity index is 1.88. The molecular weight excluding hydrogens is 290 g/mol. The number of hydrogen-bond donors (Lipinski definition) is 1. The van der Waals surface area contributed by atoms with E-state index in [1.807, 2.05) is 6.07 Å². The van der Waals surface area contributed by atoms with Gasteiger partial charge in [-0.3, -0.25) is 4.79 Å². The van der Waals surface area contributed by atoms with Crippen LogP contribution in [0, 0.1) is 0 Å². The molecule has 23 heavy (non-hydrogen) atoms. The lowest BCUT2D eigenvalue weighted by Gasteiger charge is -2.30. The van der Waals surface area contributed by atoms with Gasteiger partial charge < -0.3 is 14.9 Å². The molecule has 0 atom stereocenters. The summed E-state index contributed by atoms with van der Waals surface area (Å²) in [6.45, 7) is 1.89. The van der Waals surface area contributed by atoms with Crippen LogP contribution in [0.5, 0.6) is 5.75 Å². The van der Waals surface area contributed by atoms with Crippen molar-refractivity contribution in [2.75, 3.05) is 29.9 Å². The predicted octanol–water partition coefficient (Wildman–Crippen LogP) is 3.05. The van der Waals surface area contributed by atoms with Crippen molar-refractivity contribution < 1.29 is 9.90 Å². The Labute approximate surface area is 136 Å². The number of aromatic hydroxyl groups is 1. The number of carbonyl (C=O) groups excluding carboxylic acids is 1. The van der Waals surface area contributed by atoms with Crippen molar-refractivity contribution in [3.05, 3.63) is 48.2 Å². The number of anilines is 2. The molecular formula is C18H21N3O2. The Kier molecular flexibility index (Phi) is 4.46. The molecule has 1 aromatic carbocycles. The highest BCUT2D eigenvalue weighted by Crippen LogP contribution is 2.25. The lowest BCUT2D eigenvalue weighted by atomic mass is 10.1. The quantitative estimate of drug-likeness (QED) is 0.946. The second-order valence-corrected chi connectivity index (χ2v) is 5.80. The number of phenolic OH excluding ortho intramolecular Hbond substituents is 1. The molecule has 120 valence electrons. The molecule has 0 saturated carbocycles. The van der Waals surface area contributed by atoms with E-state index in [2.05, 4.69) is 9.88 Å². The number of piperidine rings is 1. The van der Waals surface area contributed by atoms with Gasteiger partial charge in [-0.15, -0.1) is 0 Å². The minimum atomic E-state index is -0.0932. The molecule has 1 aromatic heterocycles. The first-order valence-electron chi connectivity index (χ1n) is 7.94. The molecule has 1 N–H and O–H groups in total. The maximum Gasteiger partial charge on any atom is 0.261 e. The largest absolute Gasteiger partial charge is 0.508 e. The third-order valence-electron chi connectivity index (χ3n) is 4.21. The van der Waals surface area contributed by atoms with Gasteiger partial charge in [0, 0.05) is 32.0 Å². The van der Waals surface area contributed by atoms with E-state index in [1.165, 1.54) is 6.42 Å². The van der Waals surface area contributed by atoms with Crippen LogP contribution in [-0.4, -0.2) is 36.1 Å². The van der Waals surface area contributed by atoms with Crippen LogP contribution in [0.25, 0.3) is 0 Å². The molecule has 0 spiro atoms. The Morgan fingerprint density at radius 1 is 1.13 bits per heavy atom. The molecule has 1 fully saturated rings. The van der Waals surface area contributed by atoms with Crippen molar-refractivity contribution in [3.63, 3.8) is 0 Å². The first-order valence-corrected chi connectivity index (χ1v) is 7.94. The van der Waals surface area contributed by atoms with Crippen LogP contribution in [0.1, 0.15) is 29.6 Å². The van der Waals surface area contributed by atoms with Gasteiger partial charge in [0.1, 0.15) is 11.6 Å². The second kappa shape index (κ2) is 6.69. The topological polar surface area (TPSA) is 56.7 Å². The van der Waals surface area contributed by atoms with E-state index < -0.39 is 0 Å². The number of hydrogen-bond acceptors (Lipinski definition) is 4. The van der Waals surface area contributed by atoms with Crippen LogP contribution in [0.3, 0.4) is 0 Å². The molecule has 2 aromatic rings. The number of phenols is 1. The third-order valence-corrected chi connectivity index (χ3v) is 4.21. The Hall–Kier alpha value is -2.56. The SMILES string of the molecule is CN(C(=O)c1cccnc1N1CCCCC1)c1ccc(O)cc1. The highest BCUT2D eigenvalue weighted by atomic mass is 16.3. The highest BCUT2D eigenvalue weighted by molar-refractivity contribution is 6.08. The smallest absolute Gasteiger partial charge is 0.261 e. The van der Waals surface area contributed by atoms with Gasteiger partial charge in [-0.2, -0.15) is 0 Å². The Bertz CT molecular complexity index is 679. The standard InChI is InChI=1S/C18H21N3O2/c1-20(14-7-9-15(22)10-8-14)18(23)16-6-5-11-19-17(16)21-12-3-2-4-13-21/h5-11,22H,2-4,12-13H2,1H3. The summed E-state index contributed by atoms with van der Waals surface area (Å²) in [4.78, 5) is 21.1. The molecule has 0 bridgehead atoms. The summed E-state index contributed by atoms with van der Waals surface area (Å²) >= 11 is 0. The van der Waals surface area contributed by atoms with E-state index in [-0.39, 0.29) is 11.7 Å². The van der Waals surface area contributed by atoms with Gasteiger partial charge in [-0.1, -0.05) is 0 Å². The zero-order chi connectivity index (χ0) is 16.2. The number of benzene rings is 1. The Morgan fingerprint density at radius 2 is 1.83 bits per heavy atom. The molecule has 0 aliphatic carbocycles. The first-order chi connectivity index (χ1) is 11.2. The summed E-state index contributed by atoms with van der Waals surface area (Å²) in [6.07, 6.45) is 5.25. The van der Waals surface area contributed by atoms with Crippen LogP contribution in [0.4, 0.5) is 11.5 Å². The van der Waals surface area contributed by atoms with Crippen LogP contribution in [0.2, 0.25) is 0 Å². The second-order valence-electron chi connectivity index (χ2n) is 5.80. The summed E-state index contributed by atoms with van der Waals surface area (Å²) in [6, 6.07) is 10.2. The minimum absolute atomic E-state index is 0.0932. The highest BCUT2D eigenvalue weighted by Gasteiger charge is 2.22. The molecule has 0 radical (unpaired) electrons. The summed E-state index contributed by atoms with van der Waals surface area (Å²) in [5, 5.41) is 9.39. The van der Waals surface area contributed by atoms with Crippen molar-refractivity contribution in [2.45, 2.75) is 19.3 Å². The number of aromatic nitrogens is 1. The van der Waals surface area contributed by atoms with E-state index in [4.69, 9.17) is 0 Å². The van der Waals surface area contributed by atoms with Gasteiger partial charge in [0.05, 0.1) is 5.56 Å². The fourth-order valence-corrected chi connectivity index (χ4v) is 2.90. The van der Waals surface area contributed by atoms with Crippen molar-refractivity contribution in [3.8, 4) is 5.75 Å². The van der Waals surface area contributed by atoms with Crippen LogP contribution < -0.4 is 9.80 Å². The zero-order valence-electron chi connectivity index (χ0n) is 13.3. The molecule has 3 rings (SSSR count). The molecule has 2 heterocycles.